The van der Waals surface area contributed by atoms with E-state index >= 15 is 0 Å². The molecule has 162 valence electrons. The lowest BCUT2D eigenvalue weighted by Gasteiger charge is -2.31. The molecule has 0 saturated heterocycles. The standard InChI is InChI=1S/C23H36N2O3S/c1-5-9-15-22(25(16-6-2)29(27)28)18-20(7-3)23(26)24-21(8-4)17-19-13-11-10-12-14-19/h7,10-14,18,21-22H,3,5-6,8-9,15-17H2,1-2,4H3,(H,24,26)(H,27,28)/p-1/b20-18+/t21-,22?/m1/s1. The minimum atomic E-state index is -2.33. The molecule has 5 nitrogen and oxygen atoms in total. The van der Waals surface area contributed by atoms with Crippen LogP contribution in [0.3, 0.4) is 0 Å². The van der Waals surface area contributed by atoms with Gasteiger partial charge in [-0.2, -0.15) is 0 Å². The number of hydrogen-bond donors (Lipinski definition) is 1. The molecule has 1 amide bonds. The predicted molar refractivity (Wildman–Crippen MR) is 120 cm³/mol. The van der Waals surface area contributed by atoms with Gasteiger partial charge in [0.25, 0.3) is 5.91 Å². The Kier molecular flexibility index (Phi) is 12.4. The molecule has 0 saturated carbocycles. The van der Waals surface area contributed by atoms with Crippen molar-refractivity contribution in [1.82, 2.24) is 9.62 Å². The second-order valence-corrected chi connectivity index (χ2v) is 8.07. The van der Waals surface area contributed by atoms with Gasteiger partial charge in [-0.1, -0.05) is 82.7 Å². The molecule has 3 atom stereocenters. The molecule has 0 fully saturated rings. The Hall–Kier alpha value is -1.76. The van der Waals surface area contributed by atoms with Crippen LogP contribution in [0, 0.1) is 0 Å². The van der Waals surface area contributed by atoms with Crippen molar-refractivity contribution in [2.75, 3.05) is 6.54 Å². The minimum Gasteiger partial charge on any atom is -0.760 e. The Balaban J connectivity index is 2.97. The van der Waals surface area contributed by atoms with Gasteiger partial charge in [0.15, 0.2) is 0 Å². The molecule has 0 aromatic heterocycles. The fourth-order valence-corrected chi connectivity index (χ4v) is 3.92. The Bertz CT molecular complexity index is 676. The fourth-order valence-electron chi connectivity index (χ4n) is 3.20. The first-order valence-corrected chi connectivity index (χ1v) is 11.5. The van der Waals surface area contributed by atoms with Crippen LogP contribution >= 0.6 is 0 Å². The maximum atomic E-state index is 12.9. The van der Waals surface area contributed by atoms with Crippen LogP contribution in [0.25, 0.3) is 0 Å². The average molecular weight is 420 g/mol. The molecule has 29 heavy (non-hydrogen) atoms. The molecule has 0 radical (unpaired) electrons. The molecule has 0 aliphatic heterocycles. The van der Waals surface area contributed by atoms with Gasteiger partial charge in [-0.15, -0.1) is 0 Å². The number of hydrogen-bond acceptors (Lipinski definition) is 3. The second kappa shape index (κ2) is 14.3. The molecule has 1 rings (SSSR count). The SMILES string of the molecule is C=C/C(=C\C(CCCC)N(CCC)S(=O)[O-])C(=O)N[C@H](CC)Cc1ccccc1. The van der Waals surface area contributed by atoms with Crippen molar-refractivity contribution in [3.63, 3.8) is 0 Å². The van der Waals surface area contributed by atoms with E-state index in [1.54, 1.807) is 6.08 Å². The summed E-state index contributed by atoms with van der Waals surface area (Å²) in [5.74, 6) is -0.211. The van der Waals surface area contributed by atoms with Crippen molar-refractivity contribution < 1.29 is 13.6 Å². The van der Waals surface area contributed by atoms with Crippen LogP contribution in [0.15, 0.2) is 54.6 Å². The Morgan fingerprint density at radius 2 is 1.93 bits per heavy atom. The number of carbonyl (C=O) groups excluding carboxylic acids is 1. The van der Waals surface area contributed by atoms with Gasteiger partial charge in [-0.05, 0) is 31.2 Å². The van der Waals surface area contributed by atoms with Gasteiger partial charge >= 0.3 is 0 Å². The van der Waals surface area contributed by atoms with E-state index in [1.807, 2.05) is 44.2 Å². The van der Waals surface area contributed by atoms with Gasteiger partial charge in [-0.25, -0.2) is 4.31 Å². The first-order valence-electron chi connectivity index (χ1n) is 10.5. The molecular weight excluding hydrogens is 384 g/mol. The Labute approximate surface area is 178 Å². The van der Waals surface area contributed by atoms with E-state index in [-0.39, 0.29) is 18.0 Å². The number of unbranched alkanes of at least 4 members (excludes halogenated alkanes) is 1. The van der Waals surface area contributed by atoms with Crippen LogP contribution in [0.5, 0.6) is 0 Å². The zero-order chi connectivity index (χ0) is 21.6. The molecule has 6 heteroatoms. The topological polar surface area (TPSA) is 72.5 Å². The van der Waals surface area contributed by atoms with Crippen molar-refractivity contribution >= 4 is 17.2 Å². The summed E-state index contributed by atoms with van der Waals surface area (Å²) in [7, 11) is 0. The van der Waals surface area contributed by atoms with Crippen LogP contribution in [-0.2, 0) is 22.5 Å². The van der Waals surface area contributed by atoms with E-state index < -0.39 is 11.3 Å². The third kappa shape index (κ3) is 9.07. The maximum Gasteiger partial charge on any atom is 0.251 e. The summed E-state index contributed by atoms with van der Waals surface area (Å²) in [5.41, 5.74) is 1.59. The van der Waals surface area contributed by atoms with Gasteiger partial charge < -0.3 is 9.87 Å². The second-order valence-electron chi connectivity index (χ2n) is 7.16. The number of nitrogens with zero attached hydrogens (tertiary/aromatic N) is 1. The number of carbonyl (C=O) groups is 1. The van der Waals surface area contributed by atoms with E-state index in [1.165, 1.54) is 15.9 Å². The van der Waals surface area contributed by atoms with E-state index in [0.29, 0.717) is 18.5 Å². The van der Waals surface area contributed by atoms with Crippen LogP contribution in [0.1, 0.15) is 58.4 Å². The number of benzene rings is 1. The van der Waals surface area contributed by atoms with Gasteiger partial charge in [-0.3, -0.25) is 9.00 Å². The highest BCUT2D eigenvalue weighted by molar-refractivity contribution is 7.76. The molecule has 0 spiro atoms. The predicted octanol–water partition coefficient (Wildman–Crippen LogP) is 4.30. The molecular formula is C23H35N2O3S-. The Morgan fingerprint density at radius 1 is 1.24 bits per heavy atom. The highest BCUT2D eigenvalue weighted by Crippen LogP contribution is 2.16. The zero-order valence-electron chi connectivity index (χ0n) is 17.9. The molecule has 1 aromatic carbocycles. The minimum absolute atomic E-state index is 0.00253. The summed E-state index contributed by atoms with van der Waals surface area (Å²) in [6.07, 6.45) is 8.05. The molecule has 0 aliphatic rings. The van der Waals surface area contributed by atoms with Gasteiger partial charge in [0.05, 0.1) is 0 Å². The summed E-state index contributed by atoms with van der Waals surface area (Å²) in [5, 5.41) is 3.08. The molecule has 2 unspecified atom stereocenters. The summed E-state index contributed by atoms with van der Waals surface area (Å²) in [6.45, 7) is 10.3. The summed E-state index contributed by atoms with van der Waals surface area (Å²) in [6, 6.07) is 9.70. The smallest absolute Gasteiger partial charge is 0.251 e. The van der Waals surface area contributed by atoms with E-state index in [9.17, 15) is 13.6 Å². The highest BCUT2D eigenvalue weighted by atomic mass is 32.2. The van der Waals surface area contributed by atoms with Crippen LogP contribution in [-0.4, -0.2) is 37.6 Å². The lowest BCUT2D eigenvalue weighted by Crippen LogP contribution is -2.39. The van der Waals surface area contributed by atoms with Crippen molar-refractivity contribution in [3.8, 4) is 0 Å². The van der Waals surface area contributed by atoms with Crippen LogP contribution in [0.2, 0.25) is 0 Å². The van der Waals surface area contributed by atoms with E-state index in [0.717, 1.165) is 32.1 Å². The average Bonchev–Trinajstić information content (AvgIpc) is 2.72. The monoisotopic (exact) mass is 419 g/mol. The highest BCUT2D eigenvalue weighted by Gasteiger charge is 2.20. The number of amides is 1. The largest absolute Gasteiger partial charge is 0.760 e. The van der Waals surface area contributed by atoms with Crippen molar-refractivity contribution in [3.05, 3.63) is 60.2 Å². The van der Waals surface area contributed by atoms with Gasteiger partial charge in [0.1, 0.15) is 0 Å². The van der Waals surface area contributed by atoms with E-state index in [4.69, 9.17) is 0 Å². The Morgan fingerprint density at radius 3 is 2.45 bits per heavy atom. The zero-order valence-corrected chi connectivity index (χ0v) is 18.7. The summed E-state index contributed by atoms with van der Waals surface area (Å²) in [4.78, 5) is 12.9. The normalized spacial score (nSPS) is 15.0. The molecule has 1 aromatic rings. The van der Waals surface area contributed by atoms with E-state index in [2.05, 4.69) is 18.8 Å². The summed E-state index contributed by atoms with van der Waals surface area (Å²) < 4.78 is 24.9. The number of rotatable bonds is 14. The first-order chi connectivity index (χ1) is 14.0. The maximum absolute atomic E-state index is 12.9. The van der Waals surface area contributed by atoms with Crippen molar-refractivity contribution in [2.45, 2.75) is 71.4 Å². The molecule has 0 heterocycles. The van der Waals surface area contributed by atoms with Gasteiger partial charge in [0.2, 0.25) is 0 Å². The quantitative estimate of drug-likeness (QED) is 0.278. The van der Waals surface area contributed by atoms with Crippen molar-refractivity contribution in [2.24, 2.45) is 0 Å². The lowest BCUT2D eigenvalue weighted by atomic mass is 10.0. The molecule has 1 N–H and O–H groups in total. The van der Waals surface area contributed by atoms with Crippen molar-refractivity contribution in [1.29, 1.82) is 0 Å². The fraction of sp³-hybridized carbons (Fsp3) is 0.522. The first kappa shape index (κ1) is 25.3. The molecule has 0 aliphatic carbocycles. The summed E-state index contributed by atoms with van der Waals surface area (Å²) >= 11 is -2.33. The number of nitrogens with one attached hydrogen (secondary N) is 1. The van der Waals surface area contributed by atoms with Crippen LogP contribution < -0.4 is 5.32 Å². The third-order valence-electron chi connectivity index (χ3n) is 4.87. The van der Waals surface area contributed by atoms with Crippen LogP contribution in [0.4, 0.5) is 0 Å². The molecule has 0 bridgehead atoms. The lowest BCUT2D eigenvalue weighted by molar-refractivity contribution is -0.117. The van der Waals surface area contributed by atoms with Gasteiger partial charge in [0, 0.05) is 35.5 Å². The third-order valence-corrected chi connectivity index (χ3v) is 5.70.